The van der Waals surface area contributed by atoms with Gasteiger partial charge in [-0.15, -0.1) is 0 Å². The minimum atomic E-state index is -0.713. The van der Waals surface area contributed by atoms with E-state index in [9.17, 15) is 19.7 Å². The van der Waals surface area contributed by atoms with E-state index in [2.05, 4.69) is 20.6 Å². The normalized spacial score (nSPS) is 10.2. The van der Waals surface area contributed by atoms with Gasteiger partial charge in [0.25, 0.3) is 17.5 Å². The highest BCUT2D eigenvalue weighted by molar-refractivity contribution is 6.13. The largest absolute Gasteiger partial charge is 0.340 e. The number of aromatic amines is 1. The van der Waals surface area contributed by atoms with E-state index >= 15 is 0 Å². The number of aromatic nitrogens is 2. The summed E-state index contributed by atoms with van der Waals surface area (Å²) in [6.45, 7) is 0. The minimum absolute atomic E-state index is 0.0199. The highest BCUT2D eigenvalue weighted by atomic mass is 16.6. The van der Waals surface area contributed by atoms with Crippen molar-refractivity contribution in [1.29, 1.82) is 0 Å². The second-order valence-corrected chi connectivity index (χ2v) is 5.17. The molecule has 1 heterocycles. The van der Waals surface area contributed by atoms with Crippen LogP contribution in [0.5, 0.6) is 0 Å². The molecular formula is C17H13N5O4. The molecule has 9 nitrogen and oxygen atoms in total. The number of nitrogens with one attached hydrogen (secondary N) is 3. The second-order valence-electron chi connectivity index (χ2n) is 5.17. The van der Waals surface area contributed by atoms with E-state index in [4.69, 9.17) is 0 Å². The van der Waals surface area contributed by atoms with E-state index in [1.54, 1.807) is 36.4 Å². The zero-order valence-corrected chi connectivity index (χ0v) is 13.3. The van der Waals surface area contributed by atoms with E-state index in [0.29, 0.717) is 5.69 Å². The van der Waals surface area contributed by atoms with Gasteiger partial charge in [-0.2, -0.15) is 0 Å². The Morgan fingerprint density at radius 3 is 2.38 bits per heavy atom. The maximum absolute atomic E-state index is 12.4. The quantitative estimate of drug-likeness (QED) is 0.480. The molecule has 2 amide bonds. The third-order valence-electron chi connectivity index (χ3n) is 3.46. The summed E-state index contributed by atoms with van der Waals surface area (Å²) in [5.41, 5.74) is 0.0919. The van der Waals surface area contributed by atoms with Crippen molar-refractivity contribution < 1.29 is 14.5 Å². The predicted octanol–water partition coefficient (Wildman–Crippen LogP) is 2.82. The van der Waals surface area contributed by atoms with Crippen LogP contribution in [0.25, 0.3) is 0 Å². The number of para-hydroxylation sites is 3. The zero-order valence-electron chi connectivity index (χ0n) is 13.3. The smallest absolute Gasteiger partial charge is 0.292 e. The SMILES string of the molecule is O=C(Nc1ccccc1)c1nc[nH]c1C(=O)Nc1ccccc1[N+](=O)[O-]. The minimum Gasteiger partial charge on any atom is -0.340 e. The topological polar surface area (TPSA) is 130 Å². The number of nitro groups is 1. The average Bonchev–Trinajstić information content (AvgIpc) is 3.13. The van der Waals surface area contributed by atoms with Gasteiger partial charge in [-0.05, 0) is 18.2 Å². The summed E-state index contributed by atoms with van der Waals surface area (Å²) in [5.74, 6) is -1.29. The number of hydrogen-bond acceptors (Lipinski definition) is 5. The van der Waals surface area contributed by atoms with Gasteiger partial charge < -0.3 is 15.6 Å². The van der Waals surface area contributed by atoms with Crippen LogP contribution in [-0.2, 0) is 0 Å². The van der Waals surface area contributed by atoms with E-state index in [0.717, 1.165) is 0 Å². The van der Waals surface area contributed by atoms with Crippen LogP contribution in [0.2, 0.25) is 0 Å². The van der Waals surface area contributed by atoms with Gasteiger partial charge in [-0.3, -0.25) is 19.7 Å². The van der Waals surface area contributed by atoms with Gasteiger partial charge in [0, 0.05) is 11.8 Å². The van der Waals surface area contributed by atoms with Crippen LogP contribution in [0, 0.1) is 10.1 Å². The first kappa shape index (κ1) is 16.8. The Labute approximate surface area is 147 Å². The molecule has 3 aromatic rings. The Bertz CT molecular complexity index is 968. The van der Waals surface area contributed by atoms with Crippen LogP contribution in [-0.4, -0.2) is 26.7 Å². The molecule has 0 saturated heterocycles. The van der Waals surface area contributed by atoms with Crippen LogP contribution < -0.4 is 10.6 Å². The molecule has 0 atom stereocenters. The van der Waals surface area contributed by atoms with Crippen molar-refractivity contribution >= 4 is 28.9 Å². The fraction of sp³-hybridized carbons (Fsp3) is 0. The maximum atomic E-state index is 12.4. The highest BCUT2D eigenvalue weighted by Gasteiger charge is 2.23. The van der Waals surface area contributed by atoms with Crippen molar-refractivity contribution in [1.82, 2.24) is 9.97 Å². The number of benzene rings is 2. The molecule has 0 bridgehead atoms. The molecule has 0 unspecified atom stereocenters. The molecule has 3 N–H and O–H groups in total. The van der Waals surface area contributed by atoms with Gasteiger partial charge >= 0.3 is 0 Å². The molecule has 0 radical (unpaired) electrons. The van der Waals surface area contributed by atoms with E-state index in [-0.39, 0.29) is 22.8 Å². The first-order valence-corrected chi connectivity index (χ1v) is 7.51. The second kappa shape index (κ2) is 7.26. The van der Waals surface area contributed by atoms with Gasteiger partial charge in [0.2, 0.25) is 0 Å². The maximum Gasteiger partial charge on any atom is 0.292 e. The summed E-state index contributed by atoms with van der Waals surface area (Å²) >= 11 is 0. The third-order valence-corrected chi connectivity index (χ3v) is 3.46. The van der Waals surface area contributed by atoms with Crippen molar-refractivity contribution in [2.24, 2.45) is 0 Å². The number of anilines is 2. The molecule has 9 heteroatoms. The van der Waals surface area contributed by atoms with Crippen molar-refractivity contribution in [3.63, 3.8) is 0 Å². The van der Waals surface area contributed by atoms with Crippen molar-refractivity contribution in [3.05, 3.63) is 82.4 Å². The molecule has 1 aromatic heterocycles. The zero-order chi connectivity index (χ0) is 18.5. The fourth-order valence-electron chi connectivity index (χ4n) is 2.27. The van der Waals surface area contributed by atoms with Gasteiger partial charge in [0.15, 0.2) is 5.69 Å². The van der Waals surface area contributed by atoms with Crippen LogP contribution in [0.3, 0.4) is 0 Å². The molecule has 0 aliphatic heterocycles. The summed E-state index contributed by atoms with van der Waals surface area (Å²) in [7, 11) is 0. The summed E-state index contributed by atoms with van der Waals surface area (Å²) in [4.78, 5) is 41.7. The fourth-order valence-corrected chi connectivity index (χ4v) is 2.27. The number of carbonyl (C=O) groups excluding carboxylic acids is 2. The first-order chi connectivity index (χ1) is 12.6. The molecule has 0 spiro atoms. The van der Waals surface area contributed by atoms with Crippen molar-refractivity contribution in [2.45, 2.75) is 0 Å². The summed E-state index contributed by atoms with van der Waals surface area (Å²) in [6.07, 6.45) is 1.20. The number of hydrogen-bond donors (Lipinski definition) is 3. The standard InChI is InChI=1S/C17H13N5O4/c23-16(20-11-6-2-1-3-7-11)14-15(19-10-18-14)17(24)21-12-8-4-5-9-13(12)22(25)26/h1-10H,(H,18,19)(H,20,23)(H,21,24). The summed E-state index contributed by atoms with van der Waals surface area (Å²) in [5, 5.41) is 16.1. The monoisotopic (exact) mass is 351 g/mol. The Kier molecular flexibility index (Phi) is 4.70. The van der Waals surface area contributed by atoms with E-state index in [1.807, 2.05) is 0 Å². The Morgan fingerprint density at radius 2 is 1.65 bits per heavy atom. The Balaban J connectivity index is 1.81. The number of rotatable bonds is 5. The lowest BCUT2D eigenvalue weighted by Crippen LogP contribution is -2.20. The molecule has 0 fully saturated rings. The molecule has 130 valence electrons. The lowest BCUT2D eigenvalue weighted by Gasteiger charge is -2.07. The molecule has 0 aliphatic carbocycles. The number of amides is 2. The number of carbonyl (C=O) groups is 2. The molecule has 2 aromatic carbocycles. The number of nitrogens with zero attached hydrogens (tertiary/aromatic N) is 2. The Hall–Kier alpha value is -4.01. The highest BCUT2D eigenvalue weighted by Crippen LogP contribution is 2.24. The number of nitro benzene ring substituents is 1. The summed E-state index contributed by atoms with van der Waals surface area (Å²) < 4.78 is 0. The van der Waals surface area contributed by atoms with Gasteiger partial charge in [0.1, 0.15) is 11.4 Å². The van der Waals surface area contributed by atoms with Gasteiger partial charge in [-0.25, -0.2) is 4.98 Å². The number of imidazole rings is 1. The molecule has 0 aliphatic rings. The van der Waals surface area contributed by atoms with Crippen LogP contribution in [0.15, 0.2) is 60.9 Å². The summed E-state index contributed by atoms with van der Waals surface area (Å²) in [6, 6.07) is 14.4. The first-order valence-electron chi connectivity index (χ1n) is 7.51. The van der Waals surface area contributed by atoms with Crippen molar-refractivity contribution in [2.75, 3.05) is 10.6 Å². The van der Waals surface area contributed by atoms with Crippen LogP contribution in [0.1, 0.15) is 21.0 Å². The average molecular weight is 351 g/mol. The lowest BCUT2D eigenvalue weighted by atomic mass is 10.2. The molecule has 0 saturated carbocycles. The molecule has 3 rings (SSSR count). The molecular weight excluding hydrogens is 338 g/mol. The Morgan fingerprint density at radius 1 is 0.962 bits per heavy atom. The van der Waals surface area contributed by atoms with Gasteiger partial charge in [0.05, 0.1) is 11.3 Å². The van der Waals surface area contributed by atoms with Gasteiger partial charge in [-0.1, -0.05) is 30.3 Å². The number of H-pyrrole nitrogens is 1. The van der Waals surface area contributed by atoms with Crippen LogP contribution >= 0.6 is 0 Å². The van der Waals surface area contributed by atoms with Crippen LogP contribution in [0.4, 0.5) is 17.1 Å². The van der Waals surface area contributed by atoms with Crippen molar-refractivity contribution in [3.8, 4) is 0 Å². The third kappa shape index (κ3) is 3.56. The molecule has 26 heavy (non-hydrogen) atoms. The van der Waals surface area contributed by atoms with E-state index < -0.39 is 16.7 Å². The lowest BCUT2D eigenvalue weighted by molar-refractivity contribution is -0.383. The predicted molar refractivity (Wildman–Crippen MR) is 94.0 cm³/mol. The van der Waals surface area contributed by atoms with E-state index in [1.165, 1.54) is 24.5 Å².